The maximum atomic E-state index is 6.01. The van der Waals surface area contributed by atoms with Crippen LogP contribution in [0.3, 0.4) is 0 Å². The summed E-state index contributed by atoms with van der Waals surface area (Å²) in [6.07, 6.45) is 5.17. The van der Waals surface area contributed by atoms with Crippen LogP contribution in [0.1, 0.15) is 45.1 Å². The van der Waals surface area contributed by atoms with Gasteiger partial charge in [-0.2, -0.15) is 0 Å². The molecule has 2 heteroatoms. The van der Waals surface area contributed by atoms with Crippen LogP contribution in [0.5, 0.6) is 0 Å². The van der Waals surface area contributed by atoms with Crippen LogP contribution in [-0.4, -0.2) is 6.54 Å². The number of hydrogen-bond acceptors (Lipinski definition) is 1. The maximum absolute atomic E-state index is 6.01. The number of unbranched alkanes of at least 4 members (excludes halogenated alkanes) is 1. The first-order chi connectivity index (χ1) is 8.17. The monoisotopic (exact) mass is 253 g/mol. The first-order valence-corrected chi connectivity index (χ1v) is 7.05. The molecule has 0 heterocycles. The Morgan fingerprint density at radius 3 is 2.71 bits per heavy atom. The van der Waals surface area contributed by atoms with Crippen LogP contribution in [0.25, 0.3) is 0 Å². The average Bonchev–Trinajstić information content (AvgIpc) is 2.33. The molecule has 0 aliphatic carbocycles. The highest BCUT2D eigenvalue weighted by Crippen LogP contribution is 2.21. The summed E-state index contributed by atoms with van der Waals surface area (Å²) in [5, 5.41) is 4.33. The molecule has 1 atom stereocenters. The van der Waals surface area contributed by atoms with Crippen molar-refractivity contribution in [3.63, 3.8) is 0 Å². The molecule has 0 aliphatic heterocycles. The highest BCUT2D eigenvalue weighted by atomic mass is 35.5. The molecule has 96 valence electrons. The molecule has 1 aromatic carbocycles. The molecule has 1 unspecified atom stereocenters. The van der Waals surface area contributed by atoms with E-state index in [2.05, 4.69) is 32.2 Å². The molecule has 0 saturated heterocycles. The molecule has 0 amide bonds. The van der Waals surface area contributed by atoms with E-state index in [0.29, 0.717) is 0 Å². The smallest absolute Gasteiger partial charge is 0.0426 e. The van der Waals surface area contributed by atoms with Gasteiger partial charge in [0.2, 0.25) is 0 Å². The molecule has 0 aromatic heterocycles. The molecule has 1 N–H and O–H groups in total. The normalized spacial score (nSPS) is 12.5. The lowest BCUT2D eigenvalue weighted by molar-refractivity contribution is 0.472. The first-order valence-electron chi connectivity index (χ1n) is 6.67. The molecule has 1 aromatic rings. The first kappa shape index (κ1) is 14.4. The van der Waals surface area contributed by atoms with Gasteiger partial charge in [0.25, 0.3) is 0 Å². The lowest BCUT2D eigenvalue weighted by atomic mass is 9.99. The minimum atomic E-state index is 0.772. The maximum Gasteiger partial charge on any atom is 0.0426 e. The summed E-state index contributed by atoms with van der Waals surface area (Å²) in [6.45, 7) is 7.69. The molecule has 0 aliphatic rings. The Kier molecular flexibility index (Phi) is 6.43. The van der Waals surface area contributed by atoms with Crippen LogP contribution in [0.2, 0.25) is 5.02 Å². The Morgan fingerprint density at radius 2 is 2.06 bits per heavy atom. The zero-order valence-corrected chi connectivity index (χ0v) is 12.0. The quantitative estimate of drug-likeness (QED) is 0.697. The number of rotatable bonds is 7. The summed E-state index contributed by atoms with van der Waals surface area (Å²) in [5.74, 6) is 0.772. The molecule has 1 nitrogen and oxygen atoms in total. The highest BCUT2D eigenvalue weighted by Gasteiger charge is 2.06. The van der Waals surface area contributed by atoms with E-state index in [4.69, 9.17) is 11.6 Å². The van der Waals surface area contributed by atoms with Crippen LogP contribution in [-0.2, 0) is 0 Å². The summed E-state index contributed by atoms with van der Waals surface area (Å²) in [6, 6.07) is 6.03. The van der Waals surface area contributed by atoms with Crippen molar-refractivity contribution in [3.05, 3.63) is 28.8 Å². The van der Waals surface area contributed by atoms with Gasteiger partial charge in [0.15, 0.2) is 0 Å². The van der Waals surface area contributed by atoms with Crippen molar-refractivity contribution < 1.29 is 0 Å². The number of nitrogens with one attached hydrogen (secondary N) is 1. The van der Waals surface area contributed by atoms with Crippen molar-refractivity contribution in [2.24, 2.45) is 5.92 Å². The third-order valence-electron chi connectivity index (χ3n) is 3.32. The number of aryl methyl sites for hydroxylation is 1. The second kappa shape index (κ2) is 7.60. The fourth-order valence-electron chi connectivity index (χ4n) is 1.98. The Balaban J connectivity index is 2.50. The number of halogens is 1. The summed E-state index contributed by atoms with van der Waals surface area (Å²) >= 11 is 6.01. The SMILES string of the molecule is CCCCC(CC)CNc1cc(Cl)ccc1C. The van der Waals surface area contributed by atoms with Gasteiger partial charge in [-0.05, 0) is 37.0 Å². The largest absolute Gasteiger partial charge is 0.385 e. The second-order valence-corrected chi connectivity index (χ2v) is 5.19. The van der Waals surface area contributed by atoms with E-state index in [-0.39, 0.29) is 0 Å². The topological polar surface area (TPSA) is 12.0 Å². The van der Waals surface area contributed by atoms with Crippen molar-refractivity contribution >= 4 is 17.3 Å². The lowest BCUT2D eigenvalue weighted by Gasteiger charge is -2.17. The minimum Gasteiger partial charge on any atom is -0.385 e. The molecule has 1 rings (SSSR count). The minimum absolute atomic E-state index is 0.772. The summed E-state index contributed by atoms with van der Waals surface area (Å²) < 4.78 is 0. The number of anilines is 1. The van der Waals surface area contributed by atoms with Gasteiger partial charge in [-0.1, -0.05) is 50.8 Å². The molecular weight excluding hydrogens is 230 g/mol. The Morgan fingerprint density at radius 1 is 1.29 bits per heavy atom. The Labute approximate surface area is 111 Å². The van der Waals surface area contributed by atoms with Gasteiger partial charge in [0.05, 0.1) is 0 Å². The third-order valence-corrected chi connectivity index (χ3v) is 3.56. The molecule has 0 spiro atoms. The molecule has 17 heavy (non-hydrogen) atoms. The highest BCUT2D eigenvalue weighted by molar-refractivity contribution is 6.30. The summed E-state index contributed by atoms with van der Waals surface area (Å²) in [5.41, 5.74) is 2.44. The predicted molar refractivity (Wildman–Crippen MR) is 78.0 cm³/mol. The second-order valence-electron chi connectivity index (χ2n) is 4.76. The Hall–Kier alpha value is -0.690. The summed E-state index contributed by atoms with van der Waals surface area (Å²) in [4.78, 5) is 0. The van der Waals surface area contributed by atoms with Crippen LogP contribution >= 0.6 is 11.6 Å². The molecular formula is C15H24ClN. The zero-order chi connectivity index (χ0) is 12.7. The predicted octanol–water partition coefficient (Wildman–Crippen LogP) is 5.28. The van der Waals surface area contributed by atoms with Crippen molar-refractivity contribution in [2.45, 2.75) is 46.5 Å². The van der Waals surface area contributed by atoms with Crippen molar-refractivity contribution in [3.8, 4) is 0 Å². The Bertz CT molecular complexity index is 336. The van der Waals surface area contributed by atoms with Crippen molar-refractivity contribution in [1.82, 2.24) is 0 Å². The van der Waals surface area contributed by atoms with E-state index >= 15 is 0 Å². The fourth-order valence-corrected chi connectivity index (χ4v) is 2.15. The van der Waals surface area contributed by atoms with Gasteiger partial charge in [0.1, 0.15) is 0 Å². The summed E-state index contributed by atoms with van der Waals surface area (Å²) in [7, 11) is 0. The standard InChI is InChI=1S/C15H24ClN/c1-4-6-7-13(5-2)11-17-15-10-14(16)9-8-12(15)3/h8-10,13,17H,4-7,11H2,1-3H3. The van der Waals surface area contributed by atoms with Gasteiger partial charge >= 0.3 is 0 Å². The van der Waals surface area contributed by atoms with Crippen LogP contribution in [0, 0.1) is 12.8 Å². The average molecular weight is 254 g/mol. The fraction of sp³-hybridized carbons (Fsp3) is 0.600. The van der Waals surface area contributed by atoms with Crippen molar-refractivity contribution in [2.75, 3.05) is 11.9 Å². The van der Waals surface area contributed by atoms with Crippen molar-refractivity contribution in [1.29, 1.82) is 0 Å². The van der Waals surface area contributed by atoms with Crippen LogP contribution < -0.4 is 5.32 Å². The molecule has 0 fully saturated rings. The zero-order valence-electron chi connectivity index (χ0n) is 11.2. The van der Waals surface area contributed by atoms with Gasteiger partial charge in [0, 0.05) is 17.3 Å². The van der Waals surface area contributed by atoms with E-state index in [9.17, 15) is 0 Å². The molecule has 0 bridgehead atoms. The van der Waals surface area contributed by atoms with E-state index in [0.717, 1.165) is 17.5 Å². The van der Waals surface area contributed by atoms with Gasteiger partial charge in [-0.25, -0.2) is 0 Å². The van der Waals surface area contributed by atoms with E-state index < -0.39 is 0 Å². The van der Waals surface area contributed by atoms with Crippen LogP contribution in [0.15, 0.2) is 18.2 Å². The van der Waals surface area contributed by atoms with Gasteiger partial charge in [-0.3, -0.25) is 0 Å². The van der Waals surface area contributed by atoms with Crippen LogP contribution in [0.4, 0.5) is 5.69 Å². The van der Waals surface area contributed by atoms with Gasteiger partial charge in [-0.15, -0.1) is 0 Å². The van der Waals surface area contributed by atoms with E-state index in [1.165, 1.54) is 36.9 Å². The van der Waals surface area contributed by atoms with E-state index in [1.807, 2.05) is 12.1 Å². The molecule has 0 saturated carbocycles. The van der Waals surface area contributed by atoms with Gasteiger partial charge < -0.3 is 5.32 Å². The number of hydrogen-bond donors (Lipinski definition) is 1. The van der Waals surface area contributed by atoms with E-state index in [1.54, 1.807) is 0 Å². The third kappa shape index (κ3) is 4.99. The molecule has 0 radical (unpaired) electrons. The lowest BCUT2D eigenvalue weighted by Crippen LogP contribution is -2.14. The number of benzene rings is 1.